The molecule has 0 aliphatic carbocycles. The lowest BCUT2D eigenvalue weighted by Gasteiger charge is -2.21. The van der Waals surface area contributed by atoms with Crippen LogP contribution in [0.25, 0.3) is 0 Å². The fourth-order valence-electron chi connectivity index (χ4n) is 1.81. The normalized spacial score (nSPS) is 10.1. The maximum Gasteiger partial charge on any atom is 0.345 e. The van der Waals surface area contributed by atoms with Gasteiger partial charge in [-0.15, -0.1) is 0 Å². The smallest absolute Gasteiger partial charge is 0.339 e. The Balaban J connectivity index is 1.97. The van der Waals surface area contributed by atoms with Crippen LogP contribution in [0.2, 0.25) is 0 Å². The summed E-state index contributed by atoms with van der Waals surface area (Å²) in [6.45, 7) is 0.437. The Morgan fingerprint density at radius 1 is 1.05 bits per heavy atom. The van der Waals surface area contributed by atoms with Gasteiger partial charge in [0, 0.05) is 7.05 Å². The summed E-state index contributed by atoms with van der Waals surface area (Å²) in [5, 5.41) is 3.85. The standard InChI is InChI=1S/C16H18N2O2/c1-17-16(19)18(15-10-6-3-7-11-15)20-13-12-14-8-4-2-5-9-14/h2-11H,12-13H2,1H3,(H,17,19). The van der Waals surface area contributed by atoms with Crippen molar-refractivity contribution in [1.82, 2.24) is 5.32 Å². The van der Waals surface area contributed by atoms with Crippen molar-refractivity contribution in [2.75, 3.05) is 18.7 Å². The highest BCUT2D eigenvalue weighted by molar-refractivity contribution is 5.89. The van der Waals surface area contributed by atoms with Gasteiger partial charge in [-0.05, 0) is 24.1 Å². The molecule has 0 bridgehead atoms. The van der Waals surface area contributed by atoms with Gasteiger partial charge in [-0.25, -0.2) is 4.79 Å². The molecule has 0 radical (unpaired) electrons. The number of nitrogens with zero attached hydrogens (tertiary/aromatic N) is 1. The molecule has 104 valence electrons. The lowest BCUT2D eigenvalue weighted by Crippen LogP contribution is -2.38. The minimum atomic E-state index is -0.288. The van der Waals surface area contributed by atoms with E-state index in [9.17, 15) is 4.79 Å². The summed E-state index contributed by atoms with van der Waals surface area (Å²) in [5.74, 6) is 0. The average molecular weight is 270 g/mol. The molecule has 0 aliphatic heterocycles. The van der Waals surface area contributed by atoms with Gasteiger partial charge in [-0.3, -0.25) is 4.84 Å². The minimum Gasteiger partial charge on any atom is -0.339 e. The molecule has 0 aromatic heterocycles. The van der Waals surface area contributed by atoms with Crippen LogP contribution >= 0.6 is 0 Å². The Labute approximate surface area is 118 Å². The summed E-state index contributed by atoms with van der Waals surface area (Å²) in [6.07, 6.45) is 0.751. The molecule has 2 amide bonds. The second-order valence-corrected chi connectivity index (χ2v) is 4.25. The van der Waals surface area contributed by atoms with Gasteiger partial charge in [-0.1, -0.05) is 48.5 Å². The Morgan fingerprint density at radius 3 is 2.25 bits per heavy atom. The number of hydrogen-bond donors (Lipinski definition) is 1. The van der Waals surface area contributed by atoms with Crippen LogP contribution in [0.3, 0.4) is 0 Å². The van der Waals surface area contributed by atoms with Crippen molar-refractivity contribution < 1.29 is 9.63 Å². The van der Waals surface area contributed by atoms with E-state index >= 15 is 0 Å². The van der Waals surface area contributed by atoms with E-state index in [-0.39, 0.29) is 6.03 Å². The quantitative estimate of drug-likeness (QED) is 0.849. The Hall–Kier alpha value is -2.33. The molecule has 0 spiro atoms. The highest BCUT2D eigenvalue weighted by Crippen LogP contribution is 2.14. The Bertz CT molecular complexity index is 529. The number of amides is 2. The second kappa shape index (κ2) is 7.31. The average Bonchev–Trinajstić information content (AvgIpc) is 2.53. The van der Waals surface area contributed by atoms with Crippen LogP contribution in [0.15, 0.2) is 60.7 Å². The van der Waals surface area contributed by atoms with Crippen molar-refractivity contribution in [2.24, 2.45) is 0 Å². The minimum absolute atomic E-state index is 0.288. The molecule has 0 aliphatic rings. The zero-order chi connectivity index (χ0) is 14.2. The summed E-state index contributed by atoms with van der Waals surface area (Å²) < 4.78 is 0. The first-order chi connectivity index (χ1) is 9.81. The Kier molecular flexibility index (Phi) is 5.15. The van der Waals surface area contributed by atoms with Crippen LogP contribution in [0, 0.1) is 0 Å². The lowest BCUT2D eigenvalue weighted by atomic mass is 10.2. The van der Waals surface area contributed by atoms with E-state index < -0.39 is 0 Å². The lowest BCUT2D eigenvalue weighted by molar-refractivity contribution is 0.120. The van der Waals surface area contributed by atoms with Crippen LogP contribution in [0.5, 0.6) is 0 Å². The number of benzene rings is 2. The first kappa shape index (κ1) is 14.1. The summed E-state index contributed by atoms with van der Waals surface area (Å²) in [6, 6.07) is 19.0. The highest BCUT2D eigenvalue weighted by Gasteiger charge is 2.14. The molecule has 0 saturated carbocycles. The number of rotatable bonds is 5. The van der Waals surface area contributed by atoms with E-state index in [1.165, 1.54) is 10.6 Å². The monoisotopic (exact) mass is 270 g/mol. The van der Waals surface area contributed by atoms with Crippen molar-refractivity contribution >= 4 is 11.7 Å². The largest absolute Gasteiger partial charge is 0.345 e. The summed E-state index contributed by atoms with van der Waals surface area (Å²) >= 11 is 0. The van der Waals surface area contributed by atoms with E-state index in [4.69, 9.17) is 4.84 Å². The fraction of sp³-hybridized carbons (Fsp3) is 0.188. The third-order valence-electron chi connectivity index (χ3n) is 2.84. The molecule has 4 nitrogen and oxygen atoms in total. The van der Waals surface area contributed by atoms with Crippen LogP contribution in [0.4, 0.5) is 10.5 Å². The van der Waals surface area contributed by atoms with Crippen molar-refractivity contribution in [3.8, 4) is 0 Å². The number of carbonyl (C=O) groups excluding carboxylic acids is 1. The summed E-state index contributed by atoms with van der Waals surface area (Å²) in [7, 11) is 1.58. The summed E-state index contributed by atoms with van der Waals surface area (Å²) in [4.78, 5) is 17.5. The number of carbonyl (C=O) groups is 1. The molecule has 0 fully saturated rings. The van der Waals surface area contributed by atoms with Crippen molar-refractivity contribution in [3.63, 3.8) is 0 Å². The van der Waals surface area contributed by atoms with Gasteiger partial charge in [0.25, 0.3) is 0 Å². The molecular formula is C16H18N2O2. The maximum atomic E-state index is 11.8. The number of para-hydroxylation sites is 1. The SMILES string of the molecule is CNC(=O)N(OCCc1ccccc1)c1ccccc1. The number of nitrogens with one attached hydrogen (secondary N) is 1. The van der Waals surface area contributed by atoms with E-state index in [2.05, 4.69) is 5.32 Å². The van der Waals surface area contributed by atoms with Crippen molar-refractivity contribution in [2.45, 2.75) is 6.42 Å². The molecule has 0 unspecified atom stereocenters. The van der Waals surface area contributed by atoms with Crippen LogP contribution in [-0.4, -0.2) is 19.7 Å². The highest BCUT2D eigenvalue weighted by atomic mass is 16.7. The van der Waals surface area contributed by atoms with Crippen molar-refractivity contribution in [1.29, 1.82) is 0 Å². The van der Waals surface area contributed by atoms with Gasteiger partial charge >= 0.3 is 6.03 Å². The zero-order valence-electron chi connectivity index (χ0n) is 11.5. The zero-order valence-corrected chi connectivity index (χ0v) is 11.5. The molecule has 20 heavy (non-hydrogen) atoms. The van der Waals surface area contributed by atoms with Crippen LogP contribution in [-0.2, 0) is 11.3 Å². The van der Waals surface area contributed by atoms with Gasteiger partial charge in [-0.2, -0.15) is 5.06 Å². The number of anilines is 1. The van der Waals surface area contributed by atoms with E-state index in [0.29, 0.717) is 12.3 Å². The van der Waals surface area contributed by atoms with Gasteiger partial charge < -0.3 is 5.32 Å². The van der Waals surface area contributed by atoms with Gasteiger partial charge in [0.2, 0.25) is 0 Å². The number of hydroxylamine groups is 1. The van der Waals surface area contributed by atoms with Crippen molar-refractivity contribution in [3.05, 3.63) is 66.2 Å². The van der Waals surface area contributed by atoms with Gasteiger partial charge in [0.15, 0.2) is 0 Å². The third-order valence-corrected chi connectivity index (χ3v) is 2.84. The Morgan fingerprint density at radius 2 is 1.65 bits per heavy atom. The second-order valence-electron chi connectivity index (χ2n) is 4.25. The van der Waals surface area contributed by atoms with E-state index in [1.54, 1.807) is 7.05 Å². The van der Waals surface area contributed by atoms with Gasteiger partial charge in [0.05, 0.1) is 12.3 Å². The first-order valence-electron chi connectivity index (χ1n) is 6.55. The van der Waals surface area contributed by atoms with E-state index in [0.717, 1.165) is 6.42 Å². The molecular weight excluding hydrogens is 252 g/mol. The van der Waals surface area contributed by atoms with Crippen LogP contribution in [0.1, 0.15) is 5.56 Å². The number of hydrogen-bond acceptors (Lipinski definition) is 2. The van der Waals surface area contributed by atoms with Gasteiger partial charge in [0.1, 0.15) is 0 Å². The molecule has 2 rings (SSSR count). The molecule has 2 aromatic rings. The topological polar surface area (TPSA) is 41.6 Å². The molecule has 0 saturated heterocycles. The van der Waals surface area contributed by atoms with E-state index in [1.807, 2.05) is 60.7 Å². The first-order valence-corrected chi connectivity index (χ1v) is 6.55. The molecule has 1 N–H and O–H groups in total. The predicted molar refractivity (Wildman–Crippen MR) is 79.5 cm³/mol. The summed E-state index contributed by atoms with van der Waals surface area (Å²) in [5.41, 5.74) is 1.89. The molecule has 0 heterocycles. The molecule has 0 atom stereocenters. The fourth-order valence-corrected chi connectivity index (χ4v) is 1.81. The molecule has 2 aromatic carbocycles. The van der Waals surface area contributed by atoms with Crippen LogP contribution < -0.4 is 10.4 Å². The predicted octanol–water partition coefficient (Wildman–Crippen LogP) is 3.01. The third kappa shape index (κ3) is 3.83. The molecule has 4 heteroatoms. The number of urea groups is 1. The maximum absolute atomic E-state index is 11.8.